The Hall–Kier alpha value is -1.90. The molecule has 9 heteroatoms. The number of alkyl halides is 3. The van der Waals surface area contributed by atoms with Crippen LogP contribution < -0.4 is 10.1 Å². The molecule has 1 aromatic rings. The minimum absolute atomic E-state index is 0.0249. The van der Waals surface area contributed by atoms with E-state index in [1.807, 2.05) is 7.05 Å². The topological polar surface area (TPSA) is 67.3 Å². The number of nitrogens with one attached hydrogen (secondary N) is 1. The molecular weight excluding hydrogens is 301 g/mol. The number of ether oxygens (including phenoxy) is 1. The van der Waals surface area contributed by atoms with Crippen LogP contribution in [0.2, 0.25) is 0 Å². The van der Waals surface area contributed by atoms with Gasteiger partial charge in [0.2, 0.25) is 5.95 Å². The van der Waals surface area contributed by atoms with Gasteiger partial charge in [0.15, 0.2) is 11.4 Å². The van der Waals surface area contributed by atoms with Crippen molar-refractivity contribution in [2.45, 2.75) is 32.0 Å². The summed E-state index contributed by atoms with van der Waals surface area (Å²) in [6.45, 7) is 2.73. The van der Waals surface area contributed by atoms with Gasteiger partial charge in [-0.2, -0.15) is 13.2 Å². The largest absolute Gasteiger partial charge is 0.437 e. The summed E-state index contributed by atoms with van der Waals surface area (Å²) in [6.07, 6.45) is -2.26. The second-order valence-corrected chi connectivity index (χ2v) is 5.22. The van der Waals surface area contributed by atoms with Gasteiger partial charge >= 0.3 is 12.1 Å². The van der Waals surface area contributed by atoms with E-state index in [0.29, 0.717) is 0 Å². The predicted molar refractivity (Wildman–Crippen MR) is 72.5 cm³/mol. The lowest BCUT2D eigenvalue weighted by Gasteiger charge is -2.29. The van der Waals surface area contributed by atoms with Crippen molar-refractivity contribution < 1.29 is 22.7 Å². The summed E-state index contributed by atoms with van der Waals surface area (Å²) in [5.74, 6) is -1.66. The Bertz CT molecular complexity index is 543. The Morgan fingerprint density at radius 3 is 2.59 bits per heavy atom. The van der Waals surface area contributed by atoms with Crippen LogP contribution in [0.15, 0.2) is 6.20 Å². The summed E-state index contributed by atoms with van der Waals surface area (Å²) in [4.78, 5) is 20.3. The van der Waals surface area contributed by atoms with E-state index < -0.39 is 23.6 Å². The first-order chi connectivity index (χ1) is 10.3. The fourth-order valence-corrected chi connectivity index (χ4v) is 2.21. The van der Waals surface area contributed by atoms with Crippen LogP contribution in [0.5, 0.6) is 5.75 Å². The summed E-state index contributed by atoms with van der Waals surface area (Å²) in [5.41, 5.74) is -1.26. The van der Waals surface area contributed by atoms with Gasteiger partial charge in [-0.05, 0) is 33.0 Å². The van der Waals surface area contributed by atoms with Crippen LogP contribution in [0, 0.1) is 0 Å². The minimum atomic E-state index is -4.73. The number of hydrogen-bond acceptors (Lipinski definition) is 6. The smallest absolute Gasteiger partial charge is 0.423 e. The highest BCUT2D eigenvalue weighted by atomic mass is 19.4. The maximum Gasteiger partial charge on any atom is 0.437 e. The van der Waals surface area contributed by atoms with Crippen LogP contribution in [0.25, 0.3) is 0 Å². The molecule has 1 aromatic heterocycles. The number of hydrogen-bond donors (Lipinski definition) is 1. The van der Waals surface area contributed by atoms with E-state index in [2.05, 4.69) is 24.9 Å². The van der Waals surface area contributed by atoms with E-state index >= 15 is 0 Å². The number of carbonyl (C=O) groups is 1. The average molecular weight is 318 g/mol. The van der Waals surface area contributed by atoms with Crippen molar-refractivity contribution in [2.24, 2.45) is 0 Å². The molecule has 0 radical (unpaired) electrons. The Balaban J connectivity index is 2.17. The molecule has 2 rings (SSSR count). The van der Waals surface area contributed by atoms with Gasteiger partial charge in [0, 0.05) is 13.0 Å². The van der Waals surface area contributed by atoms with Crippen molar-refractivity contribution in [2.75, 3.05) is 25.5 Å². The first kappa shape index (κ1) is 16.5. The molecule has 22 heavy (non-hydrogen) atoms. The third kappa shape index (κ3) is 4.30. The Morgan fingerprint density at radius 2 is 2.05 bits per heavy atom. The van der Waals surface area contributed by atoms with Gasteiger partial charge in [0.1, 0.15) is 0 Å². The monoisotopic (exact) mass is 318 g/mol. The number of esters is 1. The van der Waals surface area contributed by atoms with Crippen molar-refractivity contribution in [3.05, 3.63) is 11.9 Å². The fraction of sp³-hybridized carbons (Fsp3) is 0.615. The van der Waals surface area contributed by atoms with Gasteiger partial charge in [-0.15, -0.1) is 0 Å². The number of carbonyl (C=O) groups excluding carboxylic acids is 1. The fourth-order valence-electron chi connectivity index (χ4n) is 2.21. The predicted octanol–water partition coefficient (Wildman–Crippen LogP) is 1.93. The minimum Gasteiger partial charge on any atom is -0.423 e. The molecule has 1 aliphatic rings. The number of piperidine rings is 1. The number of likely N-dealkylation sites (tertiary alicyclic amines) is 1. The van der Waals surface area contributed by atoms with Gasteiger partial charge in [0.25, 0.3) is 0 Å². The quantitative estimate of drug-likeness (QED) is 0.859. The number of halogens is 3. The van der Waals surface area contributed by atoms with E-state index in [-0.39, 0.29) is 12.0 Å². The van der Waals surface area contributed by atoms with Gasteiger partial charge < -0.3 is 15.0 Å². The van der Waals surface area contributed by atoms with Crippen molar-refractivity contribution >= 4 is 11.9 Å². The van der Waals surface area contributed by atoms with E-state index in [1.165, 1.54) is 0 Å². The molecule has 0 aromatic carbocycles. The molecule has 0 saturated carbocycles. The normalized spacial score (nSPS) is 17.3. The van der Waals surface area contributed by atoms with E-state index in [4.69, 9.17) is 0 Å². The molecule has 0 unspecified atom stereocenters. The van der Waals surface area contributed by atoms with Crippen LogP contribution in [0.4, 0.5) is 19.1 Å². The second kappa shape index (κ2) is 6.47. The summed E-state index contributed by atoms with van der Waals surface area (Å²) in [7, 11) is 1.99. The number of rotatable bonds is 3. The summed E-state index contributed by atoms with van der Waals surface area (Å²) in [6, 6.07) is 0.0249. The lowest BCUT2D eigenvalue weighted by Crippen LogP contribution is -2.37. The Labute approximate surface area is 125 Å². The zero-order valence-corrected chi connectivity index (χ0v) is 12.3. The first-order valence-corrected chi connectivity index (χ1v) is 6.83. The Kier molecular flexibility index (Phi) is 4.84. The molecule has 1 fully saturated rings. The number of anilines is 1. The third-order valence-electron chi connectivity index (χ3n) is 3.33. The molecular formula is C13H17F3N4O2. The molecule has 1 saturated heterocycles. The highest BCUT2D eigenvalue weighted by molar-refractivity contribution is 5.69. The standard InChI is InChI=1S/C13H17F3N4O2/c1-8(21)22-10-7-17-12(19-11(10)13(14,15)16)18-9-3-5-20(2)6-4-9/h7,9H,3-6H2,1-2H3,(H,17,18,19). The van der Waals surface area contributed by atoms with Crippen LogP contribution >= 0.6 is 0 Å². The number of nitrogens with zero attached hydrogens (tertiary/aromatic N) is 3. The van der Waals surface area contributed by atoms with Gasteiger partial charge in [-0.25, -0.2) is 9.97 Å². The highest BCUT2D eigenvalue weighted by Crippen LogP contribution is 2.35. The SMILES string of the molecule is CC(=O)Oc1cnc(NC2CCN(C)CC2)nc1C(F)(F)F. The van der Waals surface area contributed by atoms with E-state index in [9.17, 15) is 18.0 Å². The maximum atomic E-state index is 13.0. The van der Waals surface area contributed by atoms with Crippen LogP contribution in [-0.4, -0.2) is 47.0 Å². The molecule has 2 heterocycles. The first-order valence-electron chi connectivity index (χ1n) is 6.83. The lowest BCUT2D eigenvalue weighted by atomic mass is 10.1. The molecule has 0 amide bonds. The summed E-state index contributed by atoms with van der Waals surface area (Å²) in [5, 5.41) is 2.91. The van der Waals surface area contributed by atoms with E-state index in [0.717, 1.165) is 39.1 Å². The summed E-state index contributed by atoms with van der Waals surface area (Å²) >= 11 is 0. The van der Waals surface area contributed by atoms with Crippen LogP contribution in [0.3, 0.4) is 0 Å². The highest BCUT2D eigenvalue weighted by Gasteiger charge is 2.38. The zero-order valence-electron chi connectivity index (χ0n) is 12.3. The molecule has 6 nitrogen and oxygen atoms in total. The molecule has 0 atom stereocenters. The average Bonchev–Trinajstić information content (AvgIpc) is 2.41. The third-order valence-corrected chi connectivity index (χ3v) is 3.33. The van der Waals surface area contributed by atoms with Crippen molar-refractivity contribution in [3.63, 3.8) is 0 Å². The van der Waals surface area contributed by atoms with Crippen LogP contribution in [-0.2, 0) is 11.0 Å². The van der Waals surface area contributed by atoms with Crippen molar-refractivity contribution in [1.82, 2.24) is 14.9 Å². The molecule has 0 aliphatic carbocycles. The molecule has 0 bridgehead atoms. The Morgan fingerprint density at radius 1 is 1.41 bits per heavy atom. The molecule has 122 valence electrons. The molecule has 1 aliphatic heterocycles. The van der Waals surface area contributed by atoms with Crippen molar-refractivity contribution in [3.8, 4) is 5.75 Å². The van der Waals surface area contributed by atoms with Gasteiger partial charge in [-0.3, -0.25) is 4.79 Å². The van der Waals surface area contributed by atoms with Gasteiger partial charge in [0.05, 0.1) is 6.20 Å². The maximum absolute atomic E-state index is 13.0. The molecule has 1 N–H and O–H groups in total. The van der Waals surface area contributed by atoms with Crippen LogP contribution in [0.1, 0.15) is 25.5 Å². The zero-order chi connectivity index (χ0) is 16.3. The van der Waals surface area contributed by atoms with Crippen molar-refractivity contribution in [1.29, 1.82) is 0 Å². The lowest BCUT2D eigenvalue weighted by molar-refractivity contribution is -0.144. The van der Waals surface area contributed by atoms with E-state index in [1.54, 1.807) is 0 Å². The summed E-state index contributed by atoms with van der Waals surface area (Å²) < 4.78 is 43.5. The molecule has 0 spiro atoms. The second-order valence-electron chi connectivity index (χ2n) is 5.22. The number of aromatic nitrogens is 2. The van der Waals surface area contributed by atoms with Gasteiger partial charge in [-0.1, -0.05) is 0 Å².